The molecule has 1 aliphatic carbocycles. The van der Waals surface area contributed by atoms with E-state index in [1.807, 2.05) is 0 Å². The lowest BCUT2D eigenvalue weighted by atomic mass is 9.79. The number of carbonyl (C=O) groups excluding carboxylic acids is 3. The molecule has 5 heterocycles. The molecule has 10 atom stereocenters. The van der Waals surface area contributed by atoms with Gasteiger partial charge >= 0.3 is 11.9 Å². The first-order chi connectivity index (χ1) is 22.0. The van der Waals surface area contributed by atoms with Crippen molar-refractivity contribution in [2.75, 3.05) is 18.9 Å². The van der Waals surface area contributed by atoms with Crippen LogP contribution in [0.3, 0.4) is 0 Å². The van der Waals surface area contributed by atoms with E-state index >= 15 is 0 Å². The summed E-state index contributed by atoms with van der Waals surface area (Å²) in [5.74, 6) is -3.68. The standard InChI is InChI=1S/C27H33N7O11S/c28-21-15-23(31-8-30-21)34(9-32-15)25-19(38)17(36)14(45-25)6-43-27(41)11-4-2-1-3-10(11)26(40)42-5-13-16(35)18(37)20(44-13)24-33-12(7-46-24)22(29)39/h7-11,13-14,16-20,25,35-38H,1-6H2,(H2,29,39)(H2,28,30,31)/t10-,11-,13-,14-,16-,17-,18-,19-,20-,25-/m1/s1. The predicted octanol–water partition coefficient (Wildman–Crippen LogP) is -1.66. The van der Waals surface area contributed by atoms with Crippen LogP contribution in [-0.2, 0) is 28.5 Å². The average molecular weight is 664 g/mol. The molecule has 248 valence electrons. The molecule has 0 bridgehead atoms. The fourth-order valence-electron chi connectivity index (χ4n) is 6.01. The Kier molecular flexibility index (Phi) is 9.15. The second-order valence-electron chi connectivity index (χ2n) is 11.4. The first-order valence-electron chi connectivity index (χ1n) is 14.6. The largest absolute Gasteiger partial charge is 0.463 e. The molecule has 0 unspecified atom stereocenters. The van der Waals surface area contributed by atoms with Gasteiger partial charge in [0.15, 0.2) is 17.7 Å². The quantitative estimate of drug-likeness (QED) is 0.140. The van der Waals surface area contributed by atoms with Crippen molar-refractivity contribution in [1.29, 1.82) is 0 Å². The van der Waals surface area contributed by atoms with Gasteiger partial charge in [-0.05, 0) is 12.8 Å². The second-order valence-corrected chi connectivity index (χ2v) is 12.3. The Bertz CT molecular complexity index is 1600. The van der Waals surface area contributed by atoms with E-state index in [9.17, 15) is 34.8 Å². The van der Waals surface area contributed by atoms with Crippen LogP contribution < -0.4 is 11.5 Å². The van der Waals surface area contributed by atoms with Crippen LogP contribution in [0.4, 0.5) is 5.82 Å². The molecule has 19 heteroatoms. The molecule has 6 rings (SSSR count). The molecule has 1 amide bonds. The molecule has 1 saturated carbocycles. The van der Waals surface area contributed by atoms with Crippen LogP contribution in [0, 0.1) is 11.8 Å². The lowest BCUT2D eigenvalue weighted by Gasteiger charge is -2.29. The summed E-state index contributed by atoms with van der Waals surface area (Å²) in [4.78, 5) is 53.8. The van der Waals surface area contributed by atoms with Crippen molar-refractivity contribution >= 4 is 46.2 Å². The molecule has 2 aliphatic heterocycles. The third-order valence-electron chi connectivity index (χ3n) is 8.53. The van der Waals surface area contributed by atoms with E-state index in [0.29, 0.717) is 31.2 Å². The van der Waals surface area contributed by atoms with Gasteiger partial charge in [-0.25, -0.2) is 19.9 Å². The molecular formula is C27H33N7O11S. The smallest absolute Gasteiger partial charge is 0.309 e. The maximum Gasteiger partial charge on any atom is 0.309 e. The summed E-state index contributed by atoms with van der Waals surface area (Å²) < 4.78 is 23.9. The van der Waals surface area contributed by atoms with Gasteiger partial charge < -0.3 is 50.8 Å². The van der Waals surface area contributed by atoms with E-state index in [1.54, 1.807) is 0 Å². The molecule has 3 fully saturated rings. The van der Waals surface area contributed by atoms with Crippen LogP contribution >= 0.6 is 11.3 Å². The van der Waals surface area contributed by atoms with Gasteiger partial charge in [-0.1, -0.05) is 12.8 Å². The zero-order valence-electron chi connectivity index (χ0n) is 24.2. The zero-order chi connectivity index (χ0) is 32.7. The van der Waals surface area contributed by atoms with Crippen molar-refractivity contribution in [3.05, 3.63) is 28.7 Å². The zero-order valence-corrected chi connectivity index (χ0v) is 25.0. The molecular weight excluding hydrogens is 630 g/mol. The third kappa shape index (κ3) is 6.01. The predicted molar refractivity (Wildman–Crippen MR) is 153 cm³/mol. The monoisotopic (exact) mass is 663 g/mol. The number of aromatic nitrogens is 5. The van der Waals surface area contributed by atoms with E-state index in [2.05, 4.69) is 19.9 Å². The van der Waals surface area contributed by atoms with Crippen LogP contribution in [-0.4, -0.2) is 113 Å². The summed E-state index contributed by atoms with van der Waals surface area (Å²) in [6.07, 6.45) is -5.31. The summed E-state index contributed by atoms with van der Waals surface area (Å²) in [6.45, 7) is -0.800. The number of esters is 2. The summed E-state index contributed by atoms with van der Waals surface area (Å²) >= 11 is 1.03. The van der Waals surface area contributed by atoms with E-state index in [0.717, 1.165) is 11.3 Å². The van der Waals surface area contributed by atoms with Gasteiger partial charge in [0.25, 0.3) is 5.91 Å². The van der Waals surface area contributed by atoms with Crippen LogP contribution in [0.5, 0.6) is 0 Å². The number of primary amides is 1. The summed E-state index contributed by atoms with van der Waals surface area (Å²) in [7, 11) is 0. The van der Waals surface area contributed by atoms with Crippen molar-refractivity contribution in [2.24, 2.45) is 17.6 Å². The number of ether oxygens (including phenoxy) is 4. The van der Waals surface area contributed by atoms with Gasteiger partial charge in [-0.3, -0.25) is 19.0 Å². The summed E-state index contributed by atoms with van der Waals surface area (Å²) in [6, 6.07) is 0. The number of aliphatic hydroxyl groups is 4. The molecule has 0 aromatic carbocycles. The summed E-state index contributed by atoms with van der Waals surface area (Å²) in [5, 5.41) is 43.9. The number of amides is 1. The number of carbonyl (C=O) groups is 3. The lowest BCUT2D eigenvalue weighted by Crippen LogP contribution is -2.39. The van der Waals surface area contributed by atoms with Gasteiger partial charge in [-0.2, -0.15) is 0 Å². The van der Waals surface area contributed by atoms with Gasteiger partial charge in [0.05, 0.1) is 18.2 Å². The fraction of sp³-hybridized carbons (Fsp3) is 0.593. The first-order valence-corrected chi connectivity index (χ1v) is 15.5. The van der Waals surface area contributed by atoms with E-state index in [1.165, 1.54) is 22.6 Å². The molecule has 18 nitrogen and oxygen atoms in total. The Morgan fingerprint density at radius 2 is 1.54 bits per heavy atom. The van der Waals surface area contributed by atoms with Gasteiger partial charge in [0, 0.05) is 5.38 Å². The SMILES string of the molecule is NC(=O)c1csc([C@@H]2O[C@H](COC(=O)[C@@H]3CCCC[C@H]3C(=O)OC[C@H]3O[C@@H](n4cnc5c(N)ncnc54)[C@H](O)[C@@H]3O)[C@@H](O)[C@H]2O)n1. The van der Waals surface area contributed by atoms with Crippen molar-refractivity contribution in [2.45, 2.75) is 74.6 Å². The molecule has 3 aliphatic rings. The van der Waals surface area contributed by atoms with Crippen LogP contribution in [0.2, 0.25) is 0 Å². The number of thiazole rings is 1. The number of fused-ring (bicyclic) bond motifs is 1. The first kappa shape index (κ1) is 32.1. The Balaban J connectivity index is 1.04. The van der Waals surface area contributed by atoms with Crippen LogP contribution in [0.25, 0.3) is 11.2 Å². The highest BCUT2D eigenvalue weighted by Crippen LogP contribution is 2.37. The topological polar surface area (TPSA) is 278 Å². The van der Waals surface area contributed by atoms with Crippen molar-refractivity contribution in [3.63, 3.8) is 0 Å². The normalized spacial score (nSPS) is 32.9. The average Bonchev–Trinajstić information content (AvgIpc) is 3.83. The number of nitrogen functional groups attached to an aromatic ring is 1. The highest BCUT2D eigenvalue weighted by Gasteiger charge is 2.47. The van der Waals surface area contributed by atoms with Crippen LogP contribution in [0.15, 0.2) is 18.0 Å². The summed E-state index contributed by atoms with van der Waals surface area (Å²) in [5.41, 5.74) is 11.6. The number of rotatable bonds is 9. The Morgan fingerprint density at radius 3 is 2.17 bits per heavy atom. The minimum absolute atomic E-state index is 0.00658. The number of nitrogens with zero attached hydrogens (tertiary/aromatic N) is 5. The van der Waals surface area contributed by atoms with Crippen molar-refractivity contribution < 1.29 is 53.8 Å². The van der Waals surface area contributed by atoms with Gasteiger partial charge in [-0.15, -0.1) is 11.3 Å². The molecule has 3 aromatic heterocycles. The fourth-order valence-corrected chi connectivity index (χ4v) is 6.89. The Labute approximate surface area is 264 Å². The molecule has 46 heavy (non-hydrogen) atoms. The van der Waals surface area contributed by atoms with E-state index in [-0.39, 0.29) is 22.2 Å². The maximum atomic E-state index is 13.2. The molecule has 0 spiro atoms. The number of imidazole rings is 1. The van der Waals surface area contributed by atoms with Gasteiger partial charge in [0.2, 0.25) is 0 Å². The molecule has 0 radical (unpaired) electrons. The lowest BCUT2D eigenvalue weighted by molar-refractivity contribution is -0.168. The van der Waals surface area contributed by atoms with E-state index < -0.39 is 91.9 Å². The van der Waals surface area contributed by atoms with Crippen LogP contribution in [0.1, 0.15) is 53.5 Å². The highest BCUT2D eigenvalue weighted by molar-refractivity contribution is 7.09. The second kappa shape index (κ2) is 13.1. The number of hydrogen-bond acceptors (Lipinski definition) is 17. The van der Waals surface area contributed by atoms with Gasteiger partial charge in [0.1, 0.15) is 78.5 Å². The minimum atomic E-state index is -1.41. The minimum Gasteiger partial charge on any atom is -0.463 e. The highest BCUT2D eigenvalue weighted by atomic mass is 32.1. The number of nitrogens with two attached hydrogens (primary N) is 2. The Morgan fingerprint density at radius 1 is 0.913 bits per heavy atom. The third-order valence-corrected chi connectivity index (χ3v) is 9.44. The van der Waals surface area contributed by atoms with Crippen molar-refractivity contribution in [3.8, 4) is 0 Å². The molecule has 2 saturated heterocycles. The van der Waals surface area contributed by atoms with E-state index in [4.69, 9.17) is 30.4 Å². The molecule has 3 aromatic rings. The number of aliphatic hydroxyl groups excluding tert-OH is 4. The van der Waals surface area contributed by atoms with Crippen molar-refractivity contribution in [1.82, 2.24) is 24.5 Å². The molecule has 8 N–H and O–H groups in total. The number of anilines is 1. The number of hydrogen-bond donors (Lipinski definition) is 6. The maximum absolute atomic E-state index is 13.2. The Hall–Kier alpha value is -3.85.